The zero-order valence-corrected chi connectivity index (χ0v) is 17.2. The minimum Gasteiger partial charge on any atom is -0.481 e. The molecule has 1 amide bonds. The molecule has 0 aromatic carbocycles. The lowest BCUT2D eigenvalue weighted by Gasteiger charge is -2.41. The van der Waals surface area contributed by atoms with Crippen LogP contribution in [0, 0.1) is 11.3 Å². The fraction of sp³-hybridized carbons (Fsp3) is 0.857. The summed E-state index contributed by atoms with van der Waals surface area (Å²) in [5.74, 6) is -2.76. The molecule has 0 aromatic heterocycles. The molecule has 160 valence electrons. The summed E-state index contributed by atoms with van der Waals surface area (Å²) in [6.07, 6.45) is 6.47. The van der Waals surface area contributed by atoms with Crippen LogP contribution in [-0.4, -0.2) is 46.3 Å². The summed E-state index contributed by atoms with van der Waals surface area (Å²) >= 11 is 0. The summed E-state index contributed by atoms with van der Waals surface area (Å²) in [7, 11) is 0. The van der Waals surface area contributed by atoms with E-state index >= 15 is 0 Å². The van der Waals surface area contributed by atoms with Crippen molar-refractivity contribution in [3.63, 3.8) is 0 Å². The van der Waals surface area contributed by atoms with Gasteiger partial charge in [-0.3, -0.25) is 9.59 Å². The molecule has 3 atom stereocenters. The highest BCUT2D eigenvalue weighted by molar-refractivity contribution is 5.90. The number of carboxylic acid groups (broad SMARTS) is 2. The van der Waals surface area contributed by atoms with Crippen LogP contribution < -0.4 is 5.32 Å². The first-order chi connectivity index (χ1) is 13.3. The third kappa shape index (κ3) is 5.04. The van der Waals surface area contributed by atoms with Crippen LogP contribution in [0.3, 0.4) is 0 Å². The standard InChI is InChI=1S/C21H35NO6/c1-3-8-15(17(23)24)13-20(10-5-6-11-20)18(25)22-21(19(26)27)12-7-9-16(14-21)28-4-2/h15-16H,3-14H2,1-2H3,(H,22,25)(H,23,24)(H,26,27)/t15?,16-,21+/m0/s1. The Balaban J connectivity index is 2.21. The van der Waals surface area contributed by atoms with Gasteiger partial charge in [0.05, 0.1) is 17.4 Å². The van der Waals surface area contributed by atoms with Gasteiger partial charge < -0.3 is 20.3 Å². The van der Waals surface area contributed by atoms with Gasteiger partial charge >= 0.3 is 11.9 Å². The highest BCUT2D eigenvalue weighted by Crippen LogP contribution is 2.45. The molecular weight excluding hydrogens is 362 g/mol. The van der Waals surface area contributed by atoms with Crippen LogP contribution in [-0.2, 0) is 19.1 Å². The van der Waals surface area contributed by atoms with Crippen LogP contribution in [0.15, 0.2) is 0 Å². The first-order valence-electron chi connectivity index (χ1n) is 10.7. The molecule has 3 N–H and O–H groups in total. The van der Waals surface area contributed by atoms with Crippen molar-refractivity contribution < 1.29 is 29.3 Å². The zero-order valence-electron chi connectivity index (χ0n) is 17.2. The van der Waals surface area contributed by atoms with E-state index in [0.29, 0.717) is 38.7 Å². The lowest BCUT2D eigenvalue weighted by atomic mass is 9.73. The molecule has 1 unspecified atom stereocenters. The van der Waals surface area contributed by atoms with Crippen molar-refractivity contribution >= 4 is 17.8 Å². The largest absolute Gasteiger partial charge is 0.481 e. The number of amides is 1. The lowest BCUT2D eigenvalue weighted by molar-refractivity contribution is -0.155. The predicted molar refractivity (Wildman–Crippen MR) is 104 cm³/mol. The number of carboxylic acids is 2. The van der Waals surface area contributed by atoms with Crippen molar-refractivity contribution in [3.05, 3.63) is 0 Å². The number of nitrogens with one attached hydrogen (secondary N) is 1. The van der Waals surface area contributed by atoms with Gasteiger partial charge in [-0.25, -0.2) is 4.79 Å². The minimum atomic E-state index is -1.33. The van der Waals surface area contributed by atoms with Crippen molar-refractivity contribution in [2.45, 2.75) is 96.1 Å². The van der Waals surface area contributed by atoms with Gasteiger partial charge in [0.1, 0.15) is 5.54 Å². The van der Waals surface area contributed by atoms with E-state index in [-0.39, 0.29) is 24.9 Å². The highest BCUT2D eigenvalue weighted by Gasteiger charge is 2.50. The van der Waals surface area contributed by atoms with Crippen molar-refractivity contribution in [2.75, 3.05) is 6.61 Å². The Kier molecular flexibility index (Phi) is 7.87. The van der Waals surface area contributed by atoms with Crippen LogP contribution in [0.4, 0.5) is 0 Å². The molecule has 2 aliphatic carbocycles. The average Bonchev–Trinajstić information content (AvgIpc) is 3.11. The van der Waals surface area contributed by atoms with E-state index in [0.717, 1.165) is 25.7 Å². The Hall–Kier alpha value is -1.63. The number of carbonyl (C=O) groups excluding carboxylic acids is 1. The number of aliphatic carboxylic acids is 2. The molecule has 0 bridgehead atoms. The molecule has 0 saturated heterocycles. The van der Waals surface area contributed by atoms with Crippen molar-refractivity contribution in [2.24, 2.45) is 11.3 Å². The summed E-state index contributed by atoms with van der Waals surface area (Å²) in [4.78, 5) is 37.2. The van der Waals surface area contributed by atoms with Gasteiger partial charge in [-0.1, -0.05) is 26.2 Å². The molecule has 0 aromatic rings. The Bertz CT molecular complexity index is 569. The molecule has 0 aliphatic heterocycles. The van der Waals surface area contributed by atoms with Crippen molar-refractivity contribution in [3.8, 4) is 0 Å². The third-order valence-corrected chi connectivity index (χ3v) is 6.54. The Morgan fingerprint density at radius 2 is 1.79 bits per heavy atom. The maximum Gasteiger partial charge on any atom is 0.329 e. The second-order valence-electron chi connectivity index (χ2n) is 8.53. The molecule has 2 rings (SSSR count). The highest BCUT2D eigenvalue weighted by atomic mass is 16.5. The van der Waals surface area contributed by atoms with Gasteiger partial charge in [-0.2, -0.15) is 0 Å². The van der Waals surface area contributed by atoms with E-state index in [1.165, 1.54) is 0 Å². The third-order valence-electron chi connectivity index (χ3n) is 6.54. The SMILES string of the molecule is CCCC(CC1(C(=O)N[C@]2(C(=O)O)CCC[C@H](OCC)C2)CCCC1)C(=O)O. The smallest absolute Gasteiger partial charge is 0.329 e. The van der Waals surface area contributed by atoms with Gasteiger partial charge in [-0.05, 0) is 51.9 Å². The van der Waals surface area contributed by atoms with E-state index in [1.807, 2.05) is 13.8 Å². The number of carbonyl (C=O) groups is 3. The Labute approximate surface area is 167 Å². The molecule has 0 heterocycles. The Morgan fingerprint density at radius 3 is 2.32 bits per heavy atom. The van der Waals surface area contributed by atoms with Gasteiger partial charge in [0.2, 0.25) is 5.91 Å². The normalized spacial score (nSPS) is 27.9. The molecule has 2 fully saturated rings. The zero-order chi connectivity index (χ0) is 20.8. The molecule has 0 spiro atoms. The summed E-state index contributed by atoms with van der Waals surface area (Å²) in [5, 5.41) is 22.4. The molecule has 7 nitrogen and oxygen atoms in total. The first kappa shape index (κ1) is 22.7. The molecular formula is C21H35NO6. The predicted octanol–water partition coefficient (Wildman–Crippen LogP) is 3.36. The summed E-state index contributed by atoms with van der Waals surface area (Å²) in [5.41, 5.74) is -2.10. The van der Waals surface area contributed by atoms with E-state index in [2.05, 4.69) is 5.32 Å². The van der Waals surface area contributed by atoms with Crippen LogP contribution in [0.1, 0.15) is 84.5 Å². The fourth-order valence-electron chi connectivity index (χ4n) is 5.02. The molecule has 2 aliphatic rings. The summed E-state index contributed by atoms with van der Waals surface area (Å²) in [6.45, 7) is 4.32. The summed E-state index contributed by atoms with van der Waals surface area (Å²) in [6, 6.07) is 0. The van der Waals surface area contributed by atoms with Gasteiger partial charge in [-0.15, -0.1) is 0 Å². The summed E-state index contributed by atoms with van der Waals surface area (Å²) < 4.78 is 5.66. The maximum absolute atomic E-state index is 13.4. The lowest BCUT2D eigenvalue weighted by Crippen LogP contribution is -2.61. The van der Waals surface area contributed by atoms with Gasteiger partial charge in [0.15, 0.2) is 0 Å². The molecule has 2 saturated carbocycles. The topological polar surface area (TPSA) is 113 Å². The quantitative estimate of drug-likeness (QED) is 0.521. The number of rotatable bonds is 10. The van der Waals surface area contributed by atoms with E-state index in [4.69, 9.17) is 4.74 Å². The molecule has 7 heteroatoms. The van der Waals surface area contributed by atoms with Crippen LogP contribution in [0.5, 0.6) is 0 Å². The van der Waals surface area contributed by atoms with Gasteiger partial charge in [0, 0.05) is 13.0 Å². The number of hydrogen-bond acceptors (Lipinski definition) is 4. The van der Waals surface area contributed by atoms with E-state index < -0.39 is 28.8 Å². The van der Waals surface area contributed by atoms with Crippen LogP contribution in [0.25, 0.3) is 0 Å². The molecule has 28 heavy (non-hydrogen) atoms. The van der Waals surface area contributed by atoms with Crippen LogP contribution >= 0.6 is 0 Å². The second-order valence-corrected chi connectivity index (χ2v) is 8.53. The second kappa shape index (κ2) is 9.72. The van der Waals surface area contributed by atoms with E-state index in [9.17, 15) is 24.6 Å². The fourth-order valence-corrected chi connectivity index (χ4v) is 5.02. The average molecular weight is 398 g/mol. The Morgan fingerprint density at radius 1 is 1.11 bits per heavy atom. The van der Waals surface area contributed by atoms with Crippen molar-refractivity contribution in [1.29, 1.82) is 0 Å². The minimum absolute atomic E-state index is 0.179. The van der Waals surface area contributed by atoms with Crippen molar-refractivity contribution in [1.82, 2.24) is 5.32 Å². The number of ether oxygens (including phenoxy) is 1. The van der Waals surface area contributed by atoms with Crippen LogP contribution in [0.2, 0.25) is 0 Å². The molecule has 0 radical (unpaired) electrons. The van der Waals surface area contributed by atoms with E-state index in [1.54, 1.807) is 0 Å². The monoisotopic (exact) mass is 397 g/mol. The maximum atomic E-state index is 13.4. The first-order valence-corrected chi connectivity index (χ1v) is 10.7. The number of hydrogen-bond donors (Lipinski definition) is 3. The van der Waals surface area contributed by atoms with Gasteiger partial charge in [0.25, 0.3) is 0 Å².